The first-order valence-electron chi connectivity index (χ1n) is 5.69. The molecule has 4 nitrogen and oxygen atoms in total. The number of hydrogen-bond donors (Lipinski definition) is 0. The van der Waals surface area contributed by atoms with Gasteiger partial charge >= 0.3 is 5.56 Å². The monoisotopic (exact) mass is 326 g/mol. The summed E-state index contributed by atoms with van der Waals surface area (Å²) in [7, 11) is 0. The second kappa shape index (κ2) is 5.52. The molecule has 1 heterocycles. The molecule has 1 aromatic carbocycles. The van der Waals surface area contributed by atoms with Crippen molar-refractivity contribution in [3.05, 3.63) is 51.2 Å². The molecule has 0 aliphatic carbocycles. The van der Waals surface area contributed by atoms with E-state index in [0.717, 1.165) is 0 Å². The molecule has 0 atom stereocenters. The molecule has 0 fully saturated rings. The third-order valence-corrected chi connectivity index (χ3v) is 3.15. The van der Waals surface area contributed by atoms with Crippen LogP contribution < -0.4 is 10.3 Å². The number of nitrogens with zero attached hydrogens (tertiary/aromatic N) is 2. The van der Waals surface area contributed by atoms with E-state index in [1.165, 1.54) is 29.0 Å². The standard InChI is InChI=1S/C13H12BrFN2O2/c1-8(2)17-6-5-16-12(13(17)18)19-11-7-9(15)3-4-10(11)14/h3-8H,1-2H3. The molecule has 19 heavy (non-hydrogen) atoms. The maximum Gasteiger partial charge on any atom is 0.313 e. The number of benzene rings is 1. The van der Waals surface area contributed by atoms with Gasteiger partial charge in [0, 0.05) is 24.5 Å². The van der Waals surface area contributed by atoms with Gasteiger partial charge in [-0.15, -0.1) is 0 Å². The summed E-state index contributed by atoms with van der Waals surface area (Å²) >= 11 is 3.23. The van der Waals surface area contributed by atoms with E-state index in [-0.39, 0.29) is 23.2 Å². The fourth-order valence-electron chi connectivity index (χ4n) is 1.54. The second-order valence-corrected chi connectivity index (χ2v) is 5.07. The summed E-state index contributed by atoms with van der Waals surface area (Å²) in [6.45, 7) is 3.76. The molecule has 2 aromatic rings. The van der Waals surface area contributed by atoms with Crippen molar-refractivity contribution in [2.45, 2.75) is 19.9 Å². The fraction of sp³-hybridized carbons (Fsp3) is 0.231. The largest absolute Gasteiger partial charge is 0.433 e. The zero-order valence-electron chi connectivity index (χ0n) is 10.4. The van der Waals surface area contributed by atoms with Crippen molar-refractivity contribution >= 4 is 15.9 Å². The molecule has 2 rings (SSSR count). The summed E-state index contributed by atoms with van der Waals surface area (Å²) in [5.41, 5.74) is -0.353. The lowest BCUT2D eigenvalue weighted by molar-refractivity contribution is 0.431. The van der Waals surface area contributed by atoms with Gasteiger partial charge in [0.25, 0.3) is 5.88 Å². The molecule has 1 aromatic heterocycles. The van der Waals surface area contributed by atoms with E-state index in [2.05, 4.69) is 20.9 Å². The van der Waals surface area contributed by atoms with Gasteiger partial charge in [-0.2, -0.15) is 0 Å². The van der Waals surface area contributed by atoms with E-state index in [9.17, 15) is 9.18 Å². The lowest BCUT2D eigenvalue weighted by atomic mass is 10.3. The third-order valence-electron chi connectivity index (χ3n) is 2.49. The van der Waals surface area contributed by atoms with E-state index >= 15 is 0 Å². The van der Waals surface area contributed by atoms with Crippen molar-refractivity contribution in [3.8, 4) is 11.6 Å². The molecular weight excluding hydrogens is 315 g/mol. The second-order valence-electron chi connectivity index (χ2n) is 4.22. The van der Waals surface area contributed by atoms with E-state index in [1.807, 2.05) is 13.8 Å². The maximum absolute atomic E-state index is 13.2. The summed E-state index contributed by atoms with van der Waals surface area (Å²) in [5.74, 6) is -0.313. The van der Waals surface area contributed by atoms with Crippen LogP contribution in [0.3, 0.4) is 0 Å². The molecule has 0 unspecified atom stereocenters. The Kier molecular flexibility index (Phi) is 3.99. The van der Waals surface area contributed by atoms with Gasteiger partial charge in [0.05, 0.1) is 4.47 Å². The Morgan fingerprint density at radius 2 is 2.16 bits per heavy atom. The lowest BCUT2D eigenvalue weighted by Gasteiger charge is -2.11. The van der Waals surface area contributed by atoms with Crippen molar-refractivity contribution in [1.82, 2.24) is 9.55 Å². The molecule has 0 bridgehead atoms. The third kappa shape index (κ3) is 3.01. The maximum atomic E-state index is 13.2. The normalized spacial score (nSPS) is 10.8. The van der Waals surface area contributed by atoms with E-state index < -0.39 is 5.82 Å². The van der Waals surface area contributed by atoms with Crippen LogP contribution in [0.1, 0.15) is 19.9 Å². The molecule has 0 amide bonds. The number of rotatable bonds is 3. The average Bonchev–Trinajstić information content (AvgIpc) is 2.36. The molecule has 6 heteroatoms. The van der Waals surface area contributed by atoms with Crippen LogP contribution in [-0.4, -0.2) is 9.55 Å². The first-order valence-corrected chi connectivity index (χ1v) is 6.48. The first kappa shape index (κ1) is 13.7. The van der Waals surface area contributed by atoms with Crippen LogP contribution in [0.15, 0.2) is 39.9 Å². The molecule has 100 valence electrons. The van der Waals surface area contributed by atoms with Gasteiger partial charge in [-0.1, -0.05) is 0 Å². The van der Waals surface area contributed by atoms with Crippen LogP contribution in [0.2, 0.25) is 0 Å². The lowest BCUT2D eigenvalue weighted by Crippen LogP contribution is -2.23. The molecule has 0 saturated carbocycles. The predicted octanol–water partition coefficient (Wildman–Crippen LogP) is 3.52. The Bertz CT molecular complexity index is 655. The summed E-state index contributed by atoms with van der Waals surface area (Å²) in [6.07, 6.45) is 3.06. The summed E-state index contributed by atoms with van der Waals surface area (Å²) in [5, 5.41) is 0. The molecular formula is C13H12BrFN2O2. The molecule has 0 spiro atoms. The minimum Gasteiger partial charge on any atom is -0.433 e. The molecule has 0 saturated heterocycles. The van der Waals surface area contributed by atoms with E-state index in [1.54, 1.807) is 6.20 Å². The molecule has 0 aliphatic heterocycles. The zero-order chi connectivity index (χ0) is 14.0. The smallest absolute Gasteiger partial charge is 0.313 e. The highest BCUT2D eigenvalue weighted by Gasteiger charge is 2.11. The average molecular weight is 327 g/mol. The van der Waals surface area contributed by atoms with Gasteiger partial charge < -0.3 is 9.30 Å². The fourth-order valence-corrected chi connectivity index (χ4v) is 1.87. The van der Waals surface area contributed by atoms with Crippen molar-refractivity contribution < 1.29 is 9.13 Å². The predicted molar refractivity (Wildman–Crippen MR) is 73.1 cm³/mol. The summed E-state index contributed by atoms with van der Waals surface area (Å²) in [4.78, 5) is 16.0. The summed E-state index contributed by atoms with van der Waals surface area (Å²) in [6, 6.07) is 3.99. The number of halogens is 2. The van der Waals surface area contributed by atoms with Crippen LogP contribution >= 0.6 is 15.9 Å². The Balaban J connectivity index is 2.42. The molecule has 0 radical (unpaired) electrons. The van der Waals surface area contributed by atoms with Crippen LogP contribution in [0.4, 0.5) is 4.39 Å². The van der Waals surface area contributed by atoms with Gasteiger partial charge in [-0.3, -0.25) is 4.79 Å². The Morgan fingerprint density at radius 3 is 2.84 bits per heavy atom. The number of aromatic nitrogens is 2. The topological polar surface area (TPSA) is 44.1 Å². The van der Waals surface area contributed by atoms with Crippen LogP contribution in [0.5, 0.6) is 11.6 Å². The van der Waals surface area contributed by atoms with E-state index in [4.69, 9.17) is 4.74 Å². The van der Waals surface area contributed by atoms with Gasteiger partial charge in [0.2, 0.25) is 0 Å². The van der Waals surface area contributed by atoms with E-state index in [0.29, 0.717) is 4.47 Å². The highest BCUT2D eigenvalue weighted by Crippen LogP contribution is 2.28. The number of hydrogen-bond acceptors (Lipinski definition) is 3. The van der Waals surface area contributed by atoms with Crippen molar-refractivity contribution in [3.63, 3.8) is 0 Å². The highest BCUT2D eigenvalue weighted by atomic mass is 79.9. The van der Waals surface area contributed by atoms with Gasteiger partial charge in [0.15, 0.2) is 0 Å². The Hall–Kier alpha value is -1.69. The zero-order valence-corrected chi connectivity index (χ0v) is 12.0. The SMILES string of the molecule is CC(C)n1ccnc(Oc2cc(F)ccc2Br)c1=O. The Labute approximate surface area is 118 Å². The quantitative estimate of drug-likeness (QED) is 0.866. The van der Waals surface area contributed by atoms with Gasteiger partial charge in [-0.25, -0.2) is 9.37 Å². The van der Waals surface area contributed by atoms with Crippen molar-refractivity contribution in [1.29, 1.82) is 0 Å². The highest BCUT2D eigenvalue weighted by molar-refractivity contribution is 9.10. The van der Waals surface area contributed by atoms with Crippen LogP contribution in [-0.2, 0) is 0 Å². The van der Waals surface area contributed by atoms with Crippen molar-refractivity contribution in [2.75, 3.05) is 0 Å². The van der Waals surface area contributed by atoms with Crippen LogP contribution in [0, 0.1) is 5.82 Å². The molecule has 0 N–H and O–H groups in total. The minimum absolute atomic E-state index is 0.00574. The Morgan fingerprint density at radius 1 is 1.42 bits per heavy atom. The minimum atomic E-state index is -0.446. The first-order chi connectivity index (χ1) is 8.99. The van der Waals surface area contributed by atoms with Gasteiger partial charge in [0.1, 0.15) is 11.6 Å². The van der Waals surface area contributed by atoms with Crippen LogP contribution in [0.25, 0.3) is 0 Å². The molecule has 0 aliphatic rings. The summed E-state index contributed by atoms with van der Waals surface area (Å²) < 4.78 is 20.6. The van der Waals surface area contributed by atoms with Crippen molar-refractivity contribution in [2.24, 2.45) is 0 Å². The number of ether oxygens (including phenoxy) is 1. The van der Waals surface area contributed by atoms with Gasteiger partial charge in [-0.05, 0) is 41.9 Å².